The van der Waals surface area contributed by atoms with Gasteiger partial charge in [0.2, 0.25) is 0 Å². The van der Waals surface area contributed by atoms with Crippen molar-refractivity contribution >= 4 is 29.2 Å². The molecule has 3 amide bonds. The molecule has 23 heavy (non-hydrogen) atoms. The number of benzene rings is 2. The molecule has 0 heterocycles. The minimum absolute atomic E-state index is 0.262. The van der Waals surface area contributed by atoms with Crippen LogP contribution in [0.3, 0.4) is 0 Å². The van der Waals surface area contributed by atoms with E-state index in [-0.39, 0.29) is 6.61 Å². The smallest absolute Gasteiger partial charge is 0.325 e. The predicted molar refractivity (Wildman–Crippen MR) is 90.0 cm³/mol. The Labute approximate surface area is 139 Å². The topological polar surface area (TPSA) is 67.4 Å². The van der Waals surface area contributed by atoms with Gasteiger partial charge in [0.15, 0.2) is 6.61 Å². The van der Waals surface area contributed by atoms with E-state index in [2.05, 4.69) is 10.6 Å². The van der Waals surface area contributed by atoms with Crippen LogP contribution in [0.15, 0.2) is 42.5 Å². The number of nitrogens with one attached hydrogen (secondary N) is 2. The molecule has 0 aliphatic carbocycles. The summed E-state index contributed by atoms with van der Waals surface area (Å²) in [7, 11) is 0. The van der Waals surface area contributed by atoms with Crippen LogP contribution in [0.2, 0.25) is 5.02 Å². The van der Waals surface area contributed by atoms with Crippen molar-refractivity contribution in [1.82, 2.24) is 5.32 Å². The lowest BCUT2D eigenvalue weighted by Crippen LogP contribution is -2.37. The summed E-state index contributed by atoms with van der Waals surface area (Å²) in [5.41, 5.74) is 2.67. The van der Waals surface area contributed by atoms with E-state index in [1.807, 2.05) is 26.0 Å². The molecule has 0 unspecified atom stereocenters. The molecule has 6 heteroatoms. The monoisotopic (exact) mass is 332 g/mol. The van der Waals surface area contributed by atoms with E-state index in [1.165, 1.54) is 0 Å². The minimum Gasteiger partial charge on any atom is -0.484 e. The van der Waals surface area contributed by atoms with Crippen LogP contribution in [0.1, 0.15) is 11.1 Å². The molecule has 2 N–H and O–H groups in total. The van der Waals surface area contributed by atoms with Gasteiger partial charge in [0.1, 0.15) is 5.75 Å². The number of urea groups is 1. The molecule has 0 saturated heterocycles. The summed E-state index contributed by atoms with van der Waals surface area (Å²) in [5, 5.41) is 5.42. The Morgan fingerprint density at radius 3 is 2.43 bits per heavy atom. The average Bonchev–Trinajstić information content (AvgIpc) is 2.49. The number of imide groups is 1. The molecule has 2 aromatic rings. The van der Waals surface area contributed by atoms with Crippen LogP contribution in [0.5, 0.6) is 5.75 Å². The third kappa shape index (κ3) is 5.30. The number of anilines is 1. The van der Waals surface area contributed by atoms with E-state index in [1.54, 1.807) is 30.3 Å². The predicted octanol–water partition coefficient (Wildman–Crippen LogP) is 3.68. The van der Waals surface area contributed by atoms with Gasteiger partial charge >= 0.3 is 6.03 Å². The number of carbonyl (C=O) groups excluding carboxylic acids is 2. The van der Waals surface area contributed by atoms with Gasteiger partial charge < -0.3 is 10.1 Å². The van der Waals surface area contributed by atoms with Crippen molar-refractivity contribution < 1.29 is 14.3 Å². The molecular weight excluding hydrogens is 316 g/mol. The lowest BCUT2D eigenvalue weighted by molar-refractivity contribution is -0.121. The van der Waals surface area contributed by atoms with E-state index in [9.17, 15) is 9.59 Å². The summed E-state index contributed by atoms with van der Waals surface area (Å²) in [6, 6.07) is 11.6. The molecule has 0 aromatic heterocycles. The lowest BCUT2D eigenvalue weighted by atomic mass is 10.1. The standard InChI is InChI=1S/C17H17ClN2O3/c1-11-3-8-15(12(2)9-11)19-17(22)20-16(21)10-23-14-6-4-13(18)5-7-14/h3-9H,10H2,1-2H3,(H2,19,20,21,22). The van der Waals surface area contributed by atoms with E-state index in [0.717, 1.165) is 11.1 Å². The highest BCUT2D eigenvalue weighted by molar-refractivity contribution is 6.30. The second-order valence-electron chi connectivity index (χ2n) is 5.06. The number of hydrogen-bond acceptors (Lipinski definition) is 3. The number of amides is 3. The molecule has 2 aromatic carbocycles. The Hall–Kier alpha value is -2.53. The fourth-order valence-corrected chi connectivity index (χ4v) is 2.08. The van der Waals surface area contributed by atoms with E-state index in [4.69, 9.17) is 16.3 Å². The van der Waals surface area contributed by atoms with Gasteiger partial charge in [-0.15, -0.1) is 0 Å². The first kappa shape index (κ1) is 16.8. The average molecular weight is 333 g/mol. The molecular formula is C17H17ClN2O3. The van der Waals surface area contributed by atoms with E-state index < -0.39 is 11.9 Å². The molecule has 5 nitrogen and oxygen atoms in total. The summed E-state index contributed by atoms with van der Waals surface area (Å²) in [6.07, 6.45) is 0. The number of carbonyl (C=O) groups is 2. The number of rotatable bonds is 4. The third-order valence-corrected chi connectivity index (χ3v) is 3.32. The van der Waals surface area contributed by atoms with Gasteiger partial charge in [0.05, 0.1) is 0 Å². The van der Waals surface area contributed by atoms with Crippen LogP contribution < -0.4 is 15.4 Å². The maximum Gasteiger partial charge on any atom is 0.325 e. The summed E-state index contributed by atoms with van der Waals surface area (Å²) in [5.74, 6) is -0.0402. The van der Waals surface area contributed by atoms with Gasteiger partial charge in [-0.3, -0.25) is 10.1 Å². The van der Waals surface area contributed by atoms with Gasteiger partial charge in [-0.2, -0.15) is 0 Å². The molecule has 0 atom stereocenters. The van der Waals surface area contributed by atoms with Crippen LogP contribution in [0.4, 0.5) is 10.5 Å². The molecule has 0 fully saturated rings. The molecule has 0 bridgehead atoms. The zero-order chi connectivity index (χ0) is 16.8. The van der Waals surface area contributed by atoms with Gasteiger partial charge in [-0.1, -0.05) is 29.3 Å². The summed E-state index contributed by atoms with van der Waals surface area (Å²) in [6.45, 7) is 3.59. The van der Waals surface area contributed by atoms with Gasteiger partial charge in [0.25, 0.3) is 5.91 Å². The fourth-order valence-electron chi connectivity index (χ4n) is 1.95. The lowest BCUT2D eigenvalue weighted by Gasteiger charge is -2.10. The van der Waals surface area contributed by atoms with Crippen molar-refractivity contribution in [2.24, 2.45) is 0 Å². The Bertz CT molecular complexity index is 714. The van der Waals surface area contributed by atoms with E-state index in [0.29, 0.717) is 16.5 Å². The molecule has 120 valence electrons. The Morgan fingerprint density at radius 1 is 1.09 bits per heavy atom. The SMILES string of the molecule is Cc1ccc(NC(=O)NC(=O)COc2ccc(Cl)cc2)c(C)c1. The number of hydrogen-bond donors (Lipinski definition) is 2. The second-order valence-corrected chi connectivity index (χ2v) is 5.50. The fraction of sp³-hybridized carbons (Fsp3) is 0.176. The first-order chi connectivity index (χ1) is 10.9. The zero-order valence-corrected chi connectivity index (χ0v) is 13.6. The zero-order valence-electron chi connectivity index (χ0n) is 12.9. The minimum atomic E-state index is -0.596. The van der Waals surface area contributed by atoms with Crippen LogP contribution in [0.25, 0.3) is 0 Å². The molecule has 0 spiro atoms. The quantitative estimate of drug-likeness (QED) is 0.897. The van der Waals surface area contributed by atoms with Crippen molar-refractivity contribution in [2.75, 3.05) is 11.9 Å². The highest BCUT2D eigenvalue weighted by atomic mass is 35.5. The van der Waals surface area contributed by atoms with Crippen molar-refractivity contribution in [3.8, 4) is 5.75 Å². The molecule has 0 aliphatic rings. The Morgan fingerprint density at radius 2 is 1.78 bits per heavy atom. The van der Waals surface area contributed by atoms with Crippen molar-refractivity contribution in [3.05, 3.63) is 58.6 Å². The number of ether oxygens (including phenoxy) is 1. The van der Waals surface area contributed by atoms with Crippen LogP contribution >= 0.6 is 11.6 Å². The Kier molecular flexibility index (Phi) is 5.60. The van der Waals surface area contributed by atoms with Gasteiger partial charge in [-0.25, -0.2) is 4.79 Å². The number of halogens is 1. The Balaban J connectivity index is 1.82. The first-order valence-electron chi connectivity index (χ1n) is 7.00. The molecule has 0 saturated carbocycles. The molecule has 0 radical (unpaired) electrons. The highest BCUT2D eigenvalue weighted by Crippen LogP contribution is 2.16. The van der Waals surface area contributed by atoms with E-state index >= 15 is 0 Å². The maximum absolute atomic E-state index is 11.8. The van der Waals surface area contributed by atoms with Crippen LogP contribution in [-0.4, -0.2) is 18.5 Å². The van der Waals surface area contributed by atoms with Crippen LogP contribution in [-0.2, 0) is 4.79 Å². The van der Waals surface area contributed by atoms with Gasteiger partial charge in [0, 0.05) is 10.7 Å². The maximum atomic E-state index is 11.8. The summed E-state index contributed by atoms with van der Waals surface area (Å²) in [4.78, 5) is 23.5. The number of aryl methyl sites for hydroxylation is 2. The van der Waals surface area contributed by atoms with Crippen LogP contribution in [0, 0.1) is 13.8 Å². The normalized spacial score (nSPS) is 10.0. The second kappa shape index (κ2) is 7.65. The third-order valence-electron chi connectivity index (χ3n) is 3.07. The largest absolute Gasteiger partial charge is 0.484 e. The first-order valence-corrected chi connectivity index (χ1v) is 7.38. The molecule has 2 rings (SSSR count). The summed E-state index contributed by atoms with van der Waals surface area (Å²) >= 11 is 5.75. The van der Waals surface area contributed by atoms with Crippen molar-refractivity contribution in [2.45, 2.75) is 13.8 Å². The van der Waals surface area contributed by atoms with Gasteiger partial charge in [-0.05, 0) is 49.7 Å². The highest BCUT2D eigenvalue weighted by Gasteiger charge is 2.10. The molecule has 0 aliphatic heterocycles. The van der Waals surface area contributed by atoms with Crippen molar-refractivity contribution in [1.29, 1.82) is 0 Å². The summed E-state index contributed by atoms with van der Waals surface area (Å²) < 4.78 is 5.26. The van der Waals surface area contributed by atoms with Crippen molar-refractivity contribution in [3.63, 3.8) is 0 Å².